The van der Waals surface area contributed by atoms with Crippen molar-refractivity contribution in [2.45, 2.75) is 51.9 Å². The summed E-state index contributed by atoms with van der Waals surface area (Å²) in [5, 5.41) is 3.22. The number of likely N-dealkylation sites (N-methyl/N-ethyl adjacent to an activating group) is 1. The van der Waals surface area contributed by atoms with Gasteiger partial charge in [-0.05, 0) is 38.8 Å². The average Bonchev–Trinajstić information content (AvgIpc) is 2.81. The van der Waals surface area contributed by atoms with E-state index in [1.54, 1.807) is 19.1 Å². The third-order valence-corrected chi connectivity index (χ3v) is 3.70. The Morgan fingerprint density at radius 3 is 2.63 bits per heavy atom. The maximum absolute atomic E-state index is 14.1. The van der Waals surface area contributed by atoms with E-state index < -0.39 is 11.6 Å². The molecule has 0 aromatic heterocycles. The zero-order valence-electron chi connectivity index (χ0n) is 11.7. The molecule has 3 atom stereocenters. The summed E-state index contributed by atoms with van der Waals surface area (Å²) in [7, 11) is 0. The van der Waals surface area contributed by atoms with Gasteiger partial charge in [0.05, 0.1) is 18.2 Å². The normalized spacial score (nSPS) is 24.7. The summed E-state index contributed by atoms with van der Waals surface area (Å²) in [6.07, 6.45) is 1.92. The second-order valence-electron chi connectivity index (χ2n) is 5.20. The van der Waals surface area contributed by atoms with E-state index in [0.29, 0.717) is 17.7 Å². The van der Waals surface area contributed by atoms with E-state index in [4.69, 9.17) is 4.74 Å². The molecule has 0 spiro atoms. The van der Waals surface area contributed by atoms with Crippen molar-refractivity contribution < 1.29 is 13.5 Å². The first-order chi connectivity index (χ1) is 9.04. The van der Waals surface area contributed by atoms with Crippen LogP contribution in [0.15, 0.2) is 12.1 Å². The van der Waals surface area contributed by atoms with E-state index in [0.717, 1.165) is 12.8 Å². The molecule has 1 aliphatic rings. The number of benzene rings is 1. The van der Waals surface area contributed by atoms with Crippen LogP contribution in [-0.4, -0.2) is 18.8 Å². The fraction of sp³-hybridized carbons (Fsp3) is 0.600. The van der Waals surface area contributed by atoms with Gasteiger partial charge in [-0.1, -0.05) is 19.1 Å². The van der Waals surface area contributed by atoms with Crippen LogP contribution in [0, 0.1) is 18.6 Å². The first-order valence-electron chi connectivity index (χ1n) is 6.88. The molecule has 3 unspecified atom stereocenters. The summed E-state index contributed by atoms with van der Waals surface area (Å²) in [5.41, 5.74) is 0.696. The predicted molar refractivity (Wildman–Crippen MR) is 71.1 cm³/mol. The molecule has 2 rings (SSSR count). The van der Waals surface area contributed by atoms with Crippen molar-refractivity contribution >= 4 is 0 Å². The molecule has 0 saturated carbocycles. The lowest BCUT2D eigenvalue weighted by Crippen LogP contribution is -2.33. The van der Waals surface area contributed by atoms with Gasteiger partial charge in [0.2, 0.25) is 0 Å². The van der Waals surface area contributed by atoms with Crippen molar-refractivity contribution in [3.8, 4) is 0 Å². The van der Waals surface area contributed by atoms with Gasteiger partial charge in [0.25, 0.3) is 0 Å². The van der Waals surface area contributed by atoms with E-state index >= 15 is 0 Å². The number of ether oxygens (including phenoxy) is 1. The molecular weight excluding hydrogens is 248 g/mol. The van der Waals surface area contributed by atoms with E-state index in [2.05, 4.69) is 5.32 Å². The van der Waals surface area contributed by atoms with Crippen LogP contribution in [0.2, 0.25) is 0 Å². The number of nitrogens with one attached hydrogen (secondary N) is 1. The highest BCUT2D eigenvalue weighted by Gasteiger charge is 2.32. The first kappa shape index (κ1) is 14.4. The van der Waals surface area contributed by atoms with E-state index in [1.807, 2.05) is 13.8 Å². The van der Waals surface area contributed by atoms with Crippen LogP contribution in [-0.2, 0) is 4.74 Å². The van der Waals surface area contributed by atoms with Gasteiger partial charge in [0.1, 0.15) is 0 Å². The molecular formula is C15H21F2NO. The van der Waals surface area contributed by atoms with Crippen LogP contribution in [0.1, 0.15) is 43.9 Å². The molecule has 0 radical (unpaired) electrons. The third kappa shape index (κ3) is 2.95. The highest BCUT2D eigenvalue weighted by atomic mass is 19.2. The monoisotopic (exact) mass is 269 g/mol. The Morgan fingerprint density at radius 1 is 1.32 bits per heavy atom. The second-order valence-corrected chi connectivity index (χ2v) is 5.20. The molecule has 1 heterocycles. The largest absolute Gasteiger partial charge is 0.373 e. The minimum Gasteiger partial charge on any atom is -0.373 e. The third-order valence-electron chi connectivity index (χ3n) is 3.70. The maximum Gasteiger partial charge on any atom is 0.163 e. The zero-order valence-corrected chi connectivity index (χ0v) is 11.7. The molecule has 1 fully saturated rings. The lowest BCUT2D eigenvalue weighted by atomic mass is 9.97. The van der Waals surface area contributed by atoms with E-state index in [-0.39, 0.29) is 18.2 Å². The van der Waals surface area contributed by atoms with Crippen molar-refractivity contribution in [1.29, 1.82) is 0 Å². The number of hydrogen-bond donors (Lipinski definition) is 1. The minimum absolute atomic E-state index is 0.0912. The molecule has 2 nitrogen and oxygen atoms in total. The number of rotatable bonds is 4. The molecule has 19 heavy (non-hydrogen) atoms. The van der Waals surface area contributed by atoms with Crippen molar-refractivity contribution in [3.05, 3.63) is 34.9 Å². The van der Waals surface area contributed by atoms with E-state index in [1.165, 1.54) is 0 Å². The van der Waals surface area contributed by atoms with Crippen molar-refractivity contribution in [1.82, 2.24) is 5.32 Å². The molecule has 1 saturated heterocycles. The zero-order chi connectivity index (χ0) is 14.0. The Morgan fingerprint density at radius 2 is 2.05 bits per heavy atom. The number of halogens is 2. The van der Waals surface area contributed by atoms with E-state index in [9.17, 15) is 8.78 Å². The number of aryl methyl sites for hydroxylation is 1. The molecule has 1 aromatic carbocycles. The fourth-order valence-electron chi connectivity index (χ4n) is 2.64. The second kappa shape index (κ2) is 5.97. The quantitative estimate of drug-likeness (QED) is 0.903. The summed E-state index contributed by atoms with van der Waals surface area (Å²) in [4.78, 5) is 0. The SMILES string of the molecule is CCNC(c1ccc(C)c(F)c1F)C1CCC(C)O1. The van der Waals surface area contributed by atoms with Crippen molar-refractivity contribution in [2.75, 3.05) is 6.54 Å². The Kier molecular flexibility index (Phi) is 4.53. The van der Waals surface area contributed by atoms with Crippen molar-refractivity contribution in [2.24, 2.45) is 0 Å². The summed E-state index contributed by atoms with van der Waals surface area (Å²) in [6, 6.07) is 2.99. The molecule has 0 amide bonds. The standard InChI is InChI=1S/C15H21F2NO/c1-4-18-15(12-8-6-10(3)19-12)11-7-5-9(2)13(16)14(11)17/h5,7,10,12,15,18H,4,6,8H2,1-3H3. The fourth-order valence-corrected chi connectivity index (χ4v) is 2.64. The van der Waals surface area contributed by atoms with Gasteiger partial charge >= 0.3 is 0 Å². The highest BCUT2D eigenvalue weighted by molar-refractivity contribution is 5.28. The molecule has 0 bridgehead atoms. The predicted octanol–water partition coefficient (Wildman–Crippen LogP) is 3.49. The highest BCUT2D eigenvalue weighted by Crippen LogP contribution is 2.32. The topological polar surface area (TPSA) is 21.3 Å². The van der Waals surface area contributed by atoms with Gasteiger partial charge in [0.15, 0.2) is 11.6 Å². The van der Waals surface area contributed by atoms with Gasteiger partial charge < -0.3 is 10.1 Å². The van der Waals surface area contributed by atoms with Crippen LogP contribution < -0.4 is 5.32 Å². The molecule has 1 aliphatic heterocycles. The van der Waals surface area contributed by atoms with Crippen LogP contribution in [0.4, 0.5) is 8.78 Å². The summed E-state index contributed by atoms with van der Waals surface area (Å²) < 4.78 is 33.6. The van der Waals surface area contributed by atoms with Gasteiger partial charge in [-0.2, -0.15) is 0 Å². The maximum atomic E-state index is 14.1. The Bertz CT molecular complexity index is 450. The van der Waals surface area contributed by atoms with Crippen LogP contribution in [0.5, 0.6) is 0 Å². The Hall–Kier alpha value is -1.00. The van der Waals surface area contributed by atoms with Gasteiger partial charge in [-0.3, -0.25) is 0 Å². The van der Waals surface area contributed by atoms with Crippen LogP contribution in [0.3, 0.4) is 0 Å². The molecule has 1 aromatic rings. The van der Waals surface area contributed by atoms with Gasteiger partial charge in [0, 0.05) is 5.56 Å². The Labute approximate surface area is 113 Å². The van der Waals surface area contributed by atoms with Gasteiger partial charge in [-0.25, -0.2) is 8.78 Å². The first-order valence-corrected chi connectivity index (χ1v) is 6.88. The average molecular weight is 269 g/mol. The summed E-state index contributed by atoms with van der Waals surface area (Å²) in [5.74, 6) is -1.51. The van der Waals surface area contributed by atoms with Crippen LogP contribution >= 0.6 is 0 Å². The number of hydrogen-bond acceptors (Lipinski definition) is 2. The summed E-state index contributed by atoms with van der Waals surface area (Å²) >= 11 is 0. The lowest BCUT2D eigenvalue weighted by Gasteiger charge is -2.25. The molecule has 4 heteroatoms. The lowest BCUT2D eigenvalue weighted by molar-refractivity contribution is 0.0310. The summed E-state index contributed by atoms with van der Waals surface area (Å²) in [6.45, 7) is 6.22. The van der Waals surface area contributed by atoms with Gasteiger partial charge in [-0.15, -0.1) is 0 Å². The Balaban J connectivity index is 2.31. The van der Waals surface area contributed by atoms with Crippen molar-refractivity contribution in [3.63, 3.8) is 0 Å². The smallest absolute Gasteiger partial charge is 0.163 e. The molecule has 1 N–H and O–H groups in total. The molecule has 106 valence electrons. The van der Waals surface area contributed by atoms with Crippen LogP contribution in [0.25, 0.3) is 0 Å². The minimum atomic E-state index is -0.758. The molecule has 0 aliphatic carbocycles.